The van der Waals surface area contributed by atoms with Crippen molar-refractivity contribution in [2.75, 3.05) is 26.2 Å². The van der Waals surface area contributed by atoms with Crippen molar-refractivity contribution in [3.8, 4) is 0 Å². The third-order valence-electron chi connectivity index (χ3n) is 5.99. The minimum Gasteiger partial charge on any atom is -0.468 e. The highest BCUT2D eigenvalue weighted by atomic mass is 16.3. The summed E-state index contributed by atoms with van der Waals surface area (Å²) in [5.74, 6) is 3.16. The summed E-state index contributed by atoms with van der Waals surface area (Å²) in [6.45, 7) is 5.37. The molecule has 2 fully saturated rings. The van der Waals surface area contributed by atoms with Crippen LogP contribution in [0, 0.1) is 0 Å². The minimum atomic E-state index is -0.0476. The molecule has 2 saturated heterocycles. The monoisotopic (exact) mass is 359 g/mol. The molecule has 0 bridgehead atoms. The molecule has 2 aliphatic rings. The molecule has 0 saturated carbocycles. The van der Waals surface area contributed by atoms with E-state index < -0.39 is 0 Å². The van der Waals surface area contributed by atoms with Gasteiger partial charge in [0.15, 0.2) is 5.82 Å². The van der Waals surface area contributed by atoms with Crippen molar-refractivity contribution in [3.05, 3.63) is 35.8 Å². The first kappa shape index (κ1) is 17.7. The van der Waals surface area contributed by atoms with E-state index in [1.807, 2.05) is 17.7 Å². The number of aliphatic hydroxyl groups excluding tert-OH is 1. The number of hydrogen-bond acceptors (Lipinski definition) is 6. The van der Waals surface area contributed by atoms with Crippen LogP contribution in [0.2, 0.25) is 0 Å². The molecule has 0 aromatic carbocycles. The van der Waals surface area contributed by atoms with Gasteiger partial charge in [-0.3, -0.25) is 9.80 Å². The van der Waals surface area contributed by atoms with E-state index in [9.17, 15) is 5.11 Å². The molecule has 1 atom stereocenters. The fourth-order valence-corrected chi connectivity index (χ4v) is 4.48. The predicted molar refractivity (Wildman–Crippen MR) is 97.5 cm³/mol. The van der Waals surface area contributed by atoms with Gasteiger partial charge in [-0.25, -0.2) is 0 Å². The van der Waals surface area contributed by atoms with Gasteiger partial charge in [0.1, 0.15) is 18.2 Å². The Bertz CT molecular complexity index is 691. The van der Waals surface area contributed by atoms with E-state index in [4.69, 9.17) is 4.42 Å². The highest BCUT2D eigenvalue weighted by molar-refractivity contribution is 5.04. The number of furan rings is 1. The highest BCUT2D eigenvalue weighted by Crippen LogP contribution is 2.29. The second-order valence-corrected chi connectivity index (χ2v) is 7.61. The summed E-state index contributed by atoms with van der Waals surface area (Å²) in [5, 5.41) is 17.8. The fraction of sp³-hybridized carbons (Fsp3) is 0.684. The maximum absolute atomic E-state index is 9.36. The van der Waals surface area contributed by atoms with Crippen LogP contribution in [0.15, 0.2) is 22.8 Å². The van der Waals surface area contributed by atoms with Crippen molar-refractivity contribution >= 4 is 0 Å². The van der Waals surface area contributed by atoms with E-state index in [2.05, 4.69) is 26.1 Å². The highest BCUT2D eigenvalue weighted by Gasteiger charge is 2.31. The average Bonchev–Trinajstić information content (AvgIpc) is 3.32. The van der Waals surface area contributed by atoms with E-state index >= 15 is 0 Å². The van der Waals surface area contributed by atoms with E-state index in [0.717, 1.165) is 44.2 Å². The number of rotatable bonds is 5. The first-order chi connectivity index (χ1) is 12.7. The van der Waals surface area contributed by atoms with Crippen LogP contribution in [0.5, 0.6) is 0 Å². The topological polar surface area (TPSA) is 70.6 Å². The molecular formula is C19H29N5O2. The number of nitrogens with zero attached hydrogens (tertiary/aromatic N) is 5. The molecule has 1 N–H and O–H groups in total. The Morgan fingerprint density at radius 1 is 1.19 bits per heavy atom. The molecule has 1 unspecified atom stereocenters. The zero-order chi connectivity index (χ0) is 17.9. The lowest BCUT2D eigenvalue weighted by molar-refractivity contribution is 0.0781. The van der Waals surface area contributed by atoms with Crippen LogP contribution in [0.4, 0.5) is 0 Å². The second kappa shape index (κ2) is 7.90. The fourth-order valence-electron chi connectivity index (χ4n) is 4.48. The molecule has 2 aliphatic heterocycles. The zero-order valence-electron chi connectivity index (χ0n) is 15.5. The summed E-state index contributed by atoms with van der Waals surface area (Å²) in [6, 6.07) is 4.68. The van der Waals surface area contributed by atoms with Gasteiger partial charge in [0, 0.05) is 38.6 Å². The zero-order valence-corrected chi connectivity index (χ0v) is 15.5. The number of likely N-dealkylation sites (tertiary alicyclic amines) is 2. The molecule has 26 heavy (non-hydrogen) atoms. The number of piperidine rings is 2. The maximum Gasteiger partial charge on any atom is 0.158 e. The molecule has 2 aromatic heterocycles. The Balaban J connectivity index is 1.33. The minimum absolute atomic E-state index is 0.0476. The van der Waals surface area contributed by atoms with Gasteiger partial charge in [0.2, 0.25) is 0 Å². The molecule has 0 spiro atoms. The summed E-state index contributed by atoms with van der Waals surface area (Å²) in [7, 11) is 1.97. The normalized spacial score (nSPS) is 23.5. The van der Waals surface area contributed by atoms with Crippen LogP contribution in [-0.4, -0.2) is 61.9 Å². The molecule has 4 heterocycles. The number of aromatic nitrogens is 3. The van der Waals surface area contributed by atoms with E-state index in [-0.39, 0.29) is 6.61 Å². The Labute approximate surface area is 154 Å². The van der Waals surface area contributed by atoms with E-state index in [0.29, 0.717) is 17.8 Å². The number of aliphatic hydroxyl groups is 1. The van der Waals surface area contributed by atoms with Crippen molar-refractivity contribution in [2.45, 2.75) is 50.8 Å². The first-order valence-corrected chi connectivity index (χ1v) is 9.72. The van der Waals surface area contributed by atoms with Crippen LogP contribution >= 0.6 is 0 Å². The van der Waals surface area contributed by atoms with Gasteiger partial charge in [0.05, 0.1) is 12.8 Å². The van der Waals surface area contributed by atoms with Crippen molar-refractivity contribution in [1.29, 1.82) is 0 Å². The molecule has 0 amide bonds. The van der Waals surface area contributed by atoms with Gasteiger partial charge in [-0.05, 0) is 44.4 Å². The molecular weight excluding hydrogens is 330 g/mol. The van der Waals surface area contributed by atoms with Crippen molar-refractivity contribution < 1.29 is 9.52 Å². The van der Waals surface area contributed by atoms with Crippen molar-refractivity contribution in [2.24, 2.45) is 7.05 Å². The molecule has 2 aromatic rings. The van der Waals surface area contributed by atoms with Crippen LogP contribution < -0.4 is 0 Å². The lowest BCUT2D eigenvalue weighted by Crippen LogP contribution is -2.48. The molecule has 142 valence electrons. The van der Waals surface area contributed by atoms with Gasteiger partial charge in [-0.15, -0.1) is 10.2 Å². The molecule has 0 radical (unpaired) electrons. The summed E-state index contributed by atoms with van der Waals surface area (Å²) < 4.78 is 7.45. The predicted octanol–water partition coefficient (Wildman–Crippen LogP) is 1.74. The van der Waals surface area contributed by atoms with Gasteiger partial charge < -0.3 is 14.1 Å². The van der Waals surface area contributed by atoms with Gasteiger partial charge in [-0.2, -0.15) is 0 Å². The summed E-state index contributed by atoms with van der Waals surface area (Å²) in [6.07, 6.45) is 6.55. The molecule has 0 aliphatic carbocycles. The first-order valence-electron chi connectivity index (χ1n) is 9.72. The van der Waals surface area contributed by atoms with Crippen LogP contribution in [-0.2, 0) is 20.2 Å². The molecule has 7 heteroatoms. The summed E-state index contributed by atoms with van der Waals surface area (Å²) in [4.78, 5) is 5.15. The largest absolute Gasteiger partial charge is 0.468 e. The smallest absolute Gasteiger partial charge is 0.158 e. The average molecular weight is 359 g/mol. The van der Waals surface area contributed by atoms with Gasteiger partial charge in [0.25, 0.3) is 0 Å². The lowest BCUT2D eigenvalue weighted by Gasteiger charge is -2.42. The van der Waals surface area contributed by atoms with Crippen LogP contribution in [0.25, 0.3) is 0 Å². The standard InChI is InChI=1S/C19H29N5O2/c1-22-18(14-25)20-21-19(22)15-4-2-8-24(12-15)16-6-9-23(10-7-16)13-17-5-3-11-26-17/h3,5,11,15-16,25H,2,4,6-10,12-14H2,1H3. The van der Waals surface area contributed by atoms with Crippen LogP contribution in [0.1, 0.15) is 49.0 Å². The van der Waals surface area contributed by atoms with E-state index in [1.165, 1.54) is 25.8 Å². The third kappa shape index (κ3) is 3.70. The summed E-state index contributed by atoms with van der Waals surface area (Å²) in [5.41, 5.74) is 0. The van der Waals surface area contributed by atoms with E-state index in [1.54, 1.807) is 6.26 Å². The second-order valence-electron chi connectivity index (χ2n) is 7.61. The lowest BCUT2D eigenvalue weighted by atomic mass is 9.93. The Kier molecular flexibility index (Phi) is 5.38. The van der Waals surface area contributed by atoms with Gasteiger partial charge >= 0.3 is 0 Å². The Morgan fingerprint density at radius 2 is 2.04 bits per heavy atom. The Hall–Kier alpha value is -1.70. The van der Waals surface area contributed by atoms with Crippen LogP contribution in [0.3, 0.4) is 0 Å². The molecule has 4 rings (SSSR count). The summed E-state index contributed by atoms with van der Waals surface area (Å²) >= 11 is 0. The maximum atomic E-state index is 9.36. The van der Waals surface area contributed by atoms with Crippen molar-refractivity contribution in [3.63, 3.8) is 0 Å². The van der Waals surface area contributed by atoms with Gasteiger partial charge in [-0.1, -0.05) is 0 Å². The van der Waals surface area contributed by atoms with Crippen molar-refractivity contribution in [1.82, 2.24) is 24.6 Å². The third-order valence-corrected chi connectivity index (χ3v) is 5.99. The number of hydrogen-bond donors (Lipinski definition) is 1. The Morgan fingerprint density at radius 3 is 2.73 bits per heavy atom. The molecule has 7 nitrogen and oxygen atoms in total. The SMILES string of the molecule is Cn1c(CO)nnc1C1CCCN(C2CCN(Cc3ccco3)CC2)C1. The quantitative estimate of drug-likeness (QED) is 0.877.